The lowest BCUT2D eigenvalue weighted by molar-refractivity contribution is 0.0823. The zero-order chi connectivity index (χ0) is 12.3. The summed E-state index contributed by atoms with van der Waals surface area (Å²) in [5.41, 5.74) is 2.81. The van der Waals surface area contributed by atoms with Gasteiger partial charge in [0.15, 0.2) is 0 Å². The molecule has 3 heteroatoms. The molecule has 0 atom stereocenters. The van der Waals surface area contributed by atoms with Crippen LogP contribution in [0.1, 0.15) is 28.4 Å². The minimum atomic E-state index is -0.0217. The third-order valence-corrected chi connectivity index (χ3v) is 2.60. The third-order valence-electron chi connectivity index (χ3n) is 2.60. The smallest absolute Gasteiger partial charge is 0.257 e. The maximum atomic E-state index is 11.9. The Bertz CT molecular complexity index is 397. The topological polar surface area (TPSA) is 29.5 Å². The molecule has 88 valence electrons. The van der Waals surface area contributed by atoms with E-state index in [1.54, 1.807) is 19.0 Å². The van der Waals surface area contributed by atoms with Gasteiger partial charge in [-0.1, -0.05) is 6.07 Å². The van der Waals surface area contributed by atoms with Gasteiger partial charge in [-0.05, 0) is 38.0 Å². The summed E-state index contributed by atoms with van der Waals surface area (Å²) in [4.78, 5) is 13.5. The summed E-state index contributed by atoms with van der Waals surface area (Å²) in [6, 6.07) is 3.78. The van der Waals surface area contributed by atoms with Gasteiger partial charge in [0.2, 0.25) is 0 Å². The fourth-order valence-electron chi connectivity index (χ4n) is 1.53. The number of carbonyl (C=O) groups excluding carboxylic acids is 1. The van der Waals surface area contributed by atoms with Crippen molar-refractivity contribution in [3.63, 3.8) is 0 Å². The predicted octanol–water partition coefficient (Wildman–Crippen LogP) is 2.40. The number of ether oxygens (including phenoxy) is 1. The Balaban J connectivity index is 3.28. The predicted molar refractivity (Wildman–Crippen MR) is 65.1 cm³/mol. The molecule has 1 rings (SSSR count). The van der Waals surface area contributed by atoms with E-state index < -0.39 is 0 Å². The Morgan fingerprint density at radius 1 is 1.31 bits per heavy atom. The van der Waals surface area contributed by atoms with E-state index in [2.05, 4.69) is 0 Å². The third kappa shape index (κ3) is 2.35. The Morgan fingerprint density at radius 3 is 2.44 bits per heavy atom. The highest BCUT2D eigenvalue weighted by molar-refractivity contribution is 5.97. The second-order valence-corrected chi connectivity index (χ2v) is 4.02. The van der Waals surface area contributed by atoms with Crippen molar-refractivity contribution >= 4 is 5.91 Å². The number of hydrogen-bond donors (Lipinski definition) is 0. The molecule has 0 bridgehead atoms. The Labute approximate surface area is 97.0 Å². The molecule has 0 saturated carbocycles. The molecule has 16 heavy (non-hydrogen) atoms. The molecule has 1 aromatic rings. The summed E-state index contributed by atoms with van der Waals surface area (Å²) in [5, 5.41) is 0. The maximum Gasteiger partial charge on any atom is 0.257 e. The molecule has 0 aliphatic rings. The van der Waals surface area contributed by atoms with Crippen LogP contribution in [0.3, 0.4) is 0 Å². The second-order valence-electron chi connectivity index (χ2n) is 4.02. The van der Waals surface area contributed by atoms with E-state index in [9.17, 15) is 4.79 Å². The Kier molecular flexibility index (Phi) is 3.93. The molecule has 0 aromatic heterocycles. The number of amides is 1. The highest BCUT2D eigenvalue weighted by Crippen LogP contribution is 2.27. The van der Waals surface area contributed by atoms with Crippen LogP contribution in [-0.2, 0) is 0 Å². The van der Waals surface area contributed by atoms with E-state index in [1.165, 1.54) is 0 Å². The summed E-state index contributed by atoms with van der Waals surface area (Å²) >= 11 is 0. The first kappa shape index (κ1) is 12.6. The number of nitrogens with zero attached hydrogens (tertiary/aromatic N) is 1. The molecule has 1 aromatic carbocycles. The lowest BCUT2D eigenvalue weighted by atomic mass is 10.0. The van der Waals surface area contributed by atoms with Crippen LogP contribution in [0, 0.1) is 13.8 Å². The normalized spacial score (nSPS) is 10.1. The first-order chi connectivity index (χ1) is 7.49. The molecule has 0 fully saturated rings. The van der Waals surface area contributed by atoms with Crippen molar-refractivity contribution < 1.29 is 9.53 Å². The largest absolute Gasteiger partial charge is 0.493 e. The van der Waals surface area contributed by atoms with Gasteiger partial charge in [-0.25, -0.2) is 0 Å². The molecule has 1 amide bonds. The summed E-state index contributed by atoms with van der Waals surface area (Å²) in [7, 11) is 3.49. The Hall–Kier alpha value is -1.51. The molecular weight excluding hydrogens is 202 g/mol. The number of hydrogen-bond acceptors (Lipinski definition) is 2. The monoisotopic (exact) mass is 221 g/mol. The van der Waals surface area contributed by atoms with Gasteiger partial charge in [0.05, 0.1) is 12.2 Å². The lowest BCUT2D eigenvalue weighted by Crippen LogP contribution is -2.22. The number of aryl methyl sites for hydroxylation is 1. The molecule has 3 nitrogen and oxygen atoms in total. The van der Waals surface area contributed by atoms with E-state index in [0.29, 0.717) is 17.9 Å². The van der Waals surface area contributed by atoms with E-state index in [1.807, 2.05) is 32.9 Å². The van der Waals surface area contributed by atoms with Crippen LogP contribution in [0.25, 0.3) is 0 Å². The first-order valence-electron chi connectivity index (χ1n) is 5.43. The highest BCUT2D eigenvalue weighted by atomic mass is 16.5. The van der Waals surface area contributed by atoms with E-state index >= 15 is 0 Å². The zero-order valence-corrected chi connectivity index (χ0v) is 10.6. The van der Waals surface area contributed by atoms with E-state index in [4.69, 9.17) is 4.74 Å². The number of benzene rings is 1. The van der Waals surface area contributed by atoms with Crippen LogP contribution in [0.2, 0.25) is 0 Å². The molecule has 0 saturated heterocycles. The summed E-state index contributed by atoms with van der Waals surface area (Å²) < 4.78 is 5.57. The molecule has 0 aliphatic carbocycles. The van der Waals surface area contributed by atoms with Crippen molar-refractivity contribution in [1.82, 2.24) is 4.90 Å². The van der Waals surface area contributed by atoms with Gasteiger partial charge in [0, 0.05) is 14.1 Å². The van der Waals surface area contributed by atoms with Crippen LogP contribution in [0.5, 0.6) is 5.75 Å². The average Bonchev–Trinajstić information content (AvgIpc) is 2.24. The lowest BCUT2D eigenvalue weighted by Gasteiger charge is -2.17. The van der Waals surface area contributed by atoms with Gasteiger partial charge in [-0.15, -0.1) is 0 Å². The quantitative estimate of drug-likeness (QED) is 0.784. The zero-order valence-electron chi connectivity index (χ0n) is 10.6. The molecule has 0 aliphatic heterocycles. The SMILES string of the molecule is CCOc1c(C(=O)N(C)C)ccc(C)c1C. The van der Waals surface area contributed by atoms with Gasteiger partial charge in [-0.3, -0.25) is 4.79 Å². The van der Waals surface area contributed by atoms with Crippen molar-refractivity contribution in [2.24, 2.45) is 0 Å². The number of carbonyl (C=O) groups is 1. The Morgan fingerprint density at radius 2 is 1.94 bits per heavy atom. The van der Waals surface area contributed by atoms with E-state index in [-0.39, 0.29) is 5.91 Å². The first-order valence-corrected chi connectivity index (χ1v) is 5.43. The molecule has 0 radical (unpaired) electrons. The van der Waals surface area contributed by atoms with Crippen molar-refractivity contribution in [3.05, 3.63) is 28.8 Å². The fourth-order valence-corrected chi connectivity index (χ4v) is 1.53. The van der Waals surface area contributed by atoms with Crippen molar-refractivity contribution in [1.29, 1.82) is 0 Å². The standard InChI is InChI=1S/C13H19NO2/c1-6-16-12-10(3)9(2)7-8-11(12)13(15)14(4)5/h7-8H,6H2,1-5H3. The van der Waals surface area contributed by atoms with Crippen molar-refractivity contribution in [2.45, 2.75) is 20.8 Å². The van der Waals surface area contributed by atoms with Crippen LogP contribution >= 0.6 is 0 Å². The summed E-state index contributed by atoms with van der Waals surface area (Å²) in [6.45, 7) is 6.48. The van der Waals surface area contributed by atoms with Crippen LogP contribution in [0.15, 0.2) is 12.1 Å². The van der Waals surface area contributed by atoms with Crippen molar-refractivity contribution in [2.75, 3.05) is 20.7 Å². The van der Waals surface area contributed by atoms with E-state index in [0.717, 1.165) is 11.1 Å². The molecule has 0 heterocycles. The minimum absolute atomic E-state index is 0.0217. The minimum Gasteiger partial charge on any atom is -0.493 e. The molecule has 0 N–H and O–H groups in total. The second kappa shape index (κ2) is 5.01. The van der Waals surface area contributed by atoms with Gasteiger partial charge in [-0.2, -0.15) is 0 Å². The maximum absolute atomic E-state index is 11.9. The van der Waals surface area contributed by atoms with Gasteiger partial charge in [0.25, 0.3) is 5.91 Å². The summed E-state index contributed by atoms with van der Waals surface area (Å²) in [5.74, 6) is 0.688. The highest BCUT2D eigenvalue weighted by Gasteiger charge is 2.17. The van der Waals surface area contributed by atoms with Crippen LogP contribution in [0.4, 0.5) is 0 Å². The van der Waals surface area contributed by atoms with Gasteiger partial charge in [0.1, 0.15) is 5.75 Å². The van der Waals surface area contributed by atoms with Crippen LogP contribution in [-0.4, -0.2) is 31.5 Å². The fraction of sp³-hybridized carbons (Fsp3) is 0.462. The van der Waals surface area contributed by atoms with Gasteiger partial charge < -0.3 is 9.64 Å². The molecular formula is C13H19NO2. The molecule has 0 spiro atoms. The summed E-state index contributed by atoms with van der Waals surface area (Å²) in [6.07, 6.45) is 0. The van der Waals surface area contributed by atoms with Crippen LogP contribution < -0.4 is 4.74 Å². The van der Waals surface area contributed by atoms with Gasteiger partial charge >= 0.3 is 0 Å². The number of rotatable bonds is 3. The molecule has 0 unspecified atom stereocenters. The van der Waals surface area contributed by atoms with Crippen molar-refractivity contribution in [3.8, 4) is 5.75 Å². The average molecular weight is 221 g/mol.